The highest BCUT2D eigenvalue weighted by Crippen LogP contribution is 2.35. The maximum Gasteiger partial charge on any atom is 0.161 e. The van der Waals surface area contributed by atoms with Crippen LogP contribution in [-0.2, 0) is 4.79 Å². The molecule has 0 amide bonds. The molecule has 1 aromatic carbocycles. The van der Waals surface area contributed by atoms with Crippen molar-refractivity contribution in [1.29, 1.82) is 0 Å². The van der Waals surface area contributed by atoms with Crippen LogP contribution in [0.15, 0.2) is 30.4 Å². The maximum absolute atomic E-state index is 11.2. The van der Waals surface area contributed by atoms with Crippen molar-refractivity contribution in [1.82, 2.24) is 0 Å². The molecule has 114 valence electrons. The van der Waals surface area contributed by atoms with Crippen molar-refractivity contribution in [3.05, 3.63) is 35.9 Å². The Morgan fingerprint density at radius 2 is 2.19 bits per heavy atom. The van der Waals surface area contributed by atoms with Crippen molar-refractivity contribution in [3.8, 4) is 11.5 Å². The molecule has 1 aromatic rings. The molecule has 2 rings (SSSR count). The van der Waals surface area contributed by atoms with E-state index in [9.17, 15) is 9.90 Å². The number of benzene rings is 1. The second-order valence-corrected chi connectivity index (χ2v) is 5.23. The Bertz CT molecular complexity index is 522. The highest BCUT2D eigenvalue weighted by Gasteiger charge is 2.23. The summed E-state index contributed by atoms with van der Waals surface area (Å²) in [5.41, 5.74) is 0.783. The number of aliphatic hydroxyl groups is 1. The standard InChI is InChI=1S/C17H22O4/c1-3-10-21-16-11-13(6-9-15(16)20-2)17(19)12-4-7-14(18)8-5-12/h4,6-7,9,11-12,17,19H,3,5,8,10H2,1-2H3. The van der Waals surface area contributed by atoms with Crippen molar-refractivity contribution >= 4 is 5.78 Å². The minimum Gasteiger partial charge on any atom is -0.493 e. The lowest BCUT2D eigenvalue weighted by atomic mass is 9.87. The number of hydrogen-bond donors (Lipinski definition) is 1. The van der Waals surface area contributed by atoms with Crippen LogP contribution in [0.3, 0.4) is 0 Å². The van der Waals surface area contributed by atoms with E-state index >= 15 is 0 Å². The number of aliphatic hydroxyl groups excluding tert-OH is 1. The Hall–Kier alpha value is -1.81. The van der Waals surface area contributed by atoms with E-state index in [4.69, 9.17) is 9.47 Å². The van der Waals surface area contributed by atoms with E-state index in [0.717, 1.165) is 12.0 Å². The van der Waals surface area contributed by atoms with E-state index in [1.54, 1.807) is 25.3 Å². The molecular formula is C17H22O4. The minimum atomic E-state index is -0.635. The maximum atomic E-state index is 11.2. The first-order valence-electron chi connectivity index (χ1n) is 7.35. The fraction of sp³-hybridized carbons (Fsp3) is 0.471. The SMILES string of the molecule is CCCOc1cc(C(O)C2C=CC(=O)CC2)ccc1OC. The number of ether oxygens (including phenoxy) is 2. The Labute approximate surface area is 125 Å². The zero-order chi connectivity index (χ0) is 15.2. The molecule has 21 heavy (non-hydrogen) atoms. The molecule has 4 heteroatoms. The van der Waals surface area contributed by atoms with Crippen molar-refractivity contribution in [2.75, 3.05) is 13.7 Å². The van der Waals surface area contributed by atoms with Crippen LogP contribution < -0.4 is 9.47 Å². The molecular weight excluding hydrogens is 268 g/mol. The number of rotatable bonds is 6. The smallest absolute Gasteiger partial charge is 0.161 e. The fourth-order valence-corrected chi connectivity index (χ4v) is 2.43. The van der Waals surface area contributed by atoms with Crippen molar-refractivity contribution in [2.45, 2.75) is 32.3 Å². The second-order valence-electron chi connectivity index (χ2n) is 5.23. The van der Waals surface area contributed by atoms with E-state index in [2.05, 4.69) is 0 Å². The number of allylic oxidation sites excluding steroid dienone is 1. The highest BCUT2D eigenvalue weighted by atomic mass is 16.5. The third kappa shape index (κ3) is 3.85. The fourth-order valence-electron chi connectivity index (χ4n) is 2.43. The Kier molecular flexibility index (Phi) is 5.39. The third-order valence-electron chi connectivity index (χ3n) is 3.65. The normalized spacial score (nSPS) is 19.4. The lowest BCUT2D eigenvalue weighted by Crippen LogP contribution is -2.16. The van der Waals surface area contributed by atoms with Gasteiger partial charge in [0.2, 0.25) is 0 Å². The first-order valence-corrected chi connectivity index (χ1v) is 7.35. The molecule has 0 aromatic heterocycles. The van der Waals surface area contributed by atoms with Gasteiger partial charge in [0, 0.05) is 12.3 Å². The summed E-state index contributed by atoms with van der Waals surface area (Å²) in [6.45, 7) is 2.64. The number of carbonyl (C=O) groups excluding carboxylic acids is 1. The second kappa shape index (κ2) is 7.27. The molecule has 4 nitrogen and oxygen atoms in total. The van der Waals surface area contributed by atoms with Gasteiger partial charge in [-0.25, -0.2) is 0 Å². The molecule has 1 aliphatic carbocycles. The van der Waals surface area contributed by atoms with Crippen LogP contribution in [0.2, 0.25) is 0 Å². The average molecular weight is 290 g/mol. The summed E-state index contributed by atoms with van der Waals surface area (Å²) in [6.07, 6.45) is 4.80. The molecule has 1 aliphatic rings. The van der Waals surface area contributed by atoms with E-state index in [-0.39, 0.29) is 11.7 Å². The lowest BCUT2D eigenvalue weighted by Gasteiger charge is -2.23. The number of hydrogen-bond acceptors (Lipinski definition) is 4. The van der Waals surface area contributed by atoms with Crippen LogP contribution in [0, 0.1) is 5.92 Å². The lowest BCUT2D eigenvalue weighted by molar-refractivity contribution is -0.115. The summed E-state index contributed by atoms with van der Waals surface area (Å²) in [6, 6.07) is 5.47. The van der Waals surface area contributed by atoms with Crippen LogP contribution in [0.1, 0.15) is 37.9 Å². The van der Waals surface area contributed by atoms with Gasteiger partial charge in [0.15, 0.2) is 17.3 Å². The third-order valence-corrected chi connectivity index (χ3v) is 3.65. The number of carbonyl (C=O) groups is 1. The summed E-state index contributed by atoms with van der Waals surface area (Å²) >= 11 is 0. The molecule has 0 saturated heterocycles. The van der Waals surface area contributed by atoms with Gasteiger partial charge in [0.25, 0.3) is 0 Å². The van der Waals surface area contributed by atoms with Gasteiger partial charge in [0.05, 0.1) is 19.8 Å². The Morgan fingerprint density at radius 3 is 2.81 bits per heavy atom. The monoisotopic (exact) mass is 290 g/mol. The van der Waals surface area contributed by atoms with Gasteiger partial charge in [0.1, 0.15) is 0 Å². The van der Waals surface area contributed by atoms with Gasteiger partial charge in [-0.2, -0.15) is 0 Å². The topological polar surface area (TPSA) is 55.8 Å². The average Bonchev–Trinajstić information content (AvgIpc) is 2.52. The molecule has 0 aliphatic heterocycles. The highest BCUT2D eigenvalue weighted by molar-refractivity contribution is 5.90. The van der Waals surface area contributed by atoms with Gasteiger partial charge in [-0.15, -0.1) is 0 Å². The summed E-state index contributed by atoms with van der Waals surface area (Å²) in [5.74, 6) is 1.40. The molecule has 2 unspecified atom stereocenters. The Morgan fingerprint density at radius 1 is 1.38 bits per heavy atom. The van der Waals surface area contributed by atoms with Gasteiger partial charge in [-0.3, -0.25) is 4.79 Å². The van der Waals surface area contributed by atoms with Crippen LogP contribution >= 0.6 is 0 Å². The van der Waals surface area contributed by atoms with Crippen molar-refractivity contribution in [2.24, 2.45) is 5.92 Å². The Balaban J connectivity index is 2.18. The van der Waals surface area contributed by atoms with E-state index in [0.29, 0.717) is 30.9 Å². The molecule has 2 atom stereocenters. The zero-order valence-electron chi connectivity index (χ0n) is 12.5. The molecule has 0 radical (unpaired) electrons. The predicted molar refractivity (Wildman–Crippen MR) is 80.6 cm³/mol. The quantitative estimate of drug-likeness (QED) is 0.875. The minimum absolute atomic E-state index is 0.0323. The predicted octanol–water partition coefficient (Wildman–Crippen LogP) is 3.05. The van der Waals surface area contributed by atoms with Crippen LogP contribution in [0.5, 0.6) is 11.5 Å². The first-order chi connectivity index (χ1) is 10.2. The molecule has 0 fully saturated rings. The van der Waals surface area contributed by atoms with Crippen LogP contribution in [0.4, 0.5) is 0 Å². The van der Waals surface area contributed by atoms with E-state index < -0.39 is 6.10 Å². The van der Waals surface area contributed by atoms with Crippen LogP contribution in [0.25, 0.3) is 0 Å². The number of ketones is 1. The van der Waals surface area contributed by atoms with Gasteiger partial charge < -0.3 is 14.6 Å². The molecule has 0 spiro atoms. The van der Waals surface area contributed by atoms with Crippen molar-refractivity contribution in [3.63, 3.8) is 0 Å². The summed E-state index contributed by atoms with van der Waals surface area (Å²) < 4.78 is 10.9. The molecule has 0 bridgehead atoms. The largest absolute Gasteiger partial charge is 0.493 e. The molecule has 1 N–H and O–H groups in total. The number of methoxy groups -OCH3 is 1. The van der Waals surface area contributed by atoms with E-state index in [1.165, 1.54) is 0 Å². The van der Waals surface area contributed by atoms with Crippen LogP contribution in [-0.4, -0.2) is 24.6 Å². The van der Waals surface area contributed by atoms with Gasteiger partial charge >= 0.3 is 0 Å². The first kappa shape index (κ1) is 15.6. The summed E-state index contributed by atoms with van der Waals surface area (Å²) in [7, 11) is 1.60. The van der Waals surface area contributed by atoms with Crippen molar-refractivity contribution < 1.29 is 19.4 Å². The van der Waals surface area contributed by atoms with E-state index in [1.807, 2.05) is 19.1 Å². The van der Waals surface area contributed by atoms with Gasteiger partial charge in [-0.05, 0) is 36.6 Å². The molecule has 0 saturated carbocycles. The summed E-state index contributed by atoms with van der Waals surface area (Å²) in [4.78, 5) is 11.2. The molecule has 0 heterocycles. The zero-order valence-corrected chi connectivity index (χ0v) is 12.5. The summed E-state index contributed by atoms with van der Waals surface area (Å²) in [5, 5.41) is 10.5. The van der Waals surface area contributed by atoms with Gasteiger partial charge in [-0.1, -0.05) is 19.1 Å².